The van der Waals surface area contributed by atoms with Crippen molar-refractivity contribution in [3.05, 3.63) is 0 Å². The van der Waals surface area contributed by atoms with Gasteiger partial charge in [0.1, 0.15) is 0 Å². The molecule has 1 rings (SSSR count). The Kier molecular flexibility index (Phi) is 5.58. The summed E-state index contributed by atoms with van der Waals surface area (Å²) in [7, 11) is 0. The maximum Gasteiger partial charge on any atom is 0.0499 e. The molecule has 3 N–H and O–H groups in total. The molecular weight excluding hydrogens is 190 g/mol. The second-order valence-electron chi connectivity index (χ2n) is 5.14. The average Bonchev–Trinajstić information content (AvgIpc) is 2.30. The zero-order chi connectivity index (χ0) is 11.1. The van der Waals surface area contributed by atoms with Crippen LogP contribution in [0.2, 0.25) is 0 Å². The zero-order valence-electron chi connectivity index (χ0n) is 9.84. The van der Waals surface area contributed by atoms with Gasteiger partial charge in [-0.05, 0) is 25.3 Å². The molecule has 3 heteroatoms. The van der Waals surface area contributed by atoms with Crippen LogP contribution in [0.25, 0.3) is 0 Å². The first-order valence-corrected chi connectivity index (χ1v) is 6.15. The lowest BCUT2D eigenvalue weighted by Gasteiger charge is -2.36. The third kappa shape index (κ3) is 4.09. The predicted octanol–water partition coefficient (Wildman–Crippen LogP) is 1.15. The number of aliphatic hydroxyl groups excluding tert-OH is 2. The molecule has 1 atom stereocenters. The van der Waals surface area contributed by atoms with E-state index in [9.17, 15) is 5.11 Å². The lowest BCUT2D eigenvalue weighted by Crippen LogP contribution is -2.40. The summed E-state index contributed by atoms with van der Waals surface area (Å²) in [5.41, 5.74) is 0.118. The van der Waals surface area contributed by atoms with Gasteiger partial charge in [0.25, 0.3) is 0 Å². The van der Waals surface area contributed by atoms with E-state index in [1.54, 1.807) is 0 Å². The van der Waals surface area contributed by atoms with Crippen molar-refractivity contribution in [3.63, 3.8) is 0 Å². The van der Waals surface area contributed by atoms with Crippen LogP contribution in [0.4, 0.5) is 0 Å². The van der Waals surface area contributed by atoms with Crippen molar-refractivity contribution in [2.75, 3.05) is 26.3 Å². The second kappa shape index (κ2) is 6.46. The summed E-state index contributed by atoms with van der Waals surface area (Å²) in [6, 6.07) is 0. The molecule has 1 saturated carbocycles. The highest BCUT2D eigenvalue weighted by atomic mass is 16.3. The minimum Gasteiger partial charge on any atom is -0.396 e. The number of hydrogen-bond donors (Lipinski definition) is 3. The highest BCUT2D eigenvalue weighted by molar-refractivity contribution is 4.84. The van der Waals surface area contributed by atoms with Crippen LogP contribution >= 0.6 is 0 Å². The van der Waals surface area contributed by atoms with Gasteiger partial charge in [0.15, 0.2) is 0 Å². The van der Waals surface area contributed by atoms with Crippen molar-refractivity contribution in [3.8, 4) is 0 Å². The Hall–Kier alpha value is -0.120. The minimum atomic E-state index is 0.118. The lowest BCUT2D eigenvalue weighted by molar-refractivity contribution is 0.0795. The van der Waals surface area contributed by atoms with E-state index in [0.29, 0.717) is 12.5 Å². The maximum atomic E-state index is 9.47. The van der Waals surface area contributed by atoms with Gasteiger partial charge in [-0.1, -0.05) is 26.2 Å². The fourth-order valence-electron chi connectivity index (χ4n) is 2.34. The van der Waals surface area contributed by atoms with Crippen molar-refractivity contribution in [2.45, 2.75) is 39.0 Å². The number of hydrogen-bond acceptors (Lipinski definition) is 3. The Morgan fingerprint density at radius 2 is 1.87 bits per heavy atom. The largest absolute Gasteiger partial charge is 0.396 e. The molecule has 0 aromatic rings. The van der Waals surface area contributed by atoms with Crippen LogP contribution in [0.15, 0.2) is 0 Å². The first kappa shape index (κ1) is 12.9. The van der Waals surface area contributed by atoms with E-state index in [4.69, 9.17) is 5.11 Å². The Labute approximate surface area is 92.9 Å². The molecule has 0 aromatic heterocycles. The van der Waals surface area contributed by atoms with E-state index in [2.05, 4.69) is 5.32 Å². The number of nitrogens with one attached hydrogen (secondary N) is 1. The molecule has 0 aromatic carbocycles. The lowest BCUT2D eigenvalue weighted by atomic mass is 9.74. The van der Waals surface area contributed by atoms with Gasteiger partial charge in [0.2, 0.25) is 0 Å². The van der Waals surface area contributed by atoms with Gasteiger partial charge in [-0.3, -0.25) is 0 Å². The van der Waals surface area contributed by atoms with Crippen molar-refractivity contribution < 1.29 is 10.2 Å². The fourth-order valence-corrected chi connectivity index (χ4v) is 2.34. The van der Waals surface area contributed by atoms with E-state index < -0.39 is 0 Å². The standard InChI is InChI=1S/C12H25NO2/c1-11(8-14)7-13-9-12(10-15)5-3-2-4-6-12/h11,13-15H,2-10H2,1H3. The molecule has 1 unspecified atom stereocenters. The van der Waals surface area contributed by atoms with Crippen LogP contribution in [0.5, 0.6) is 0 Å². The smallest absolute Gasteiger partial charge is 0.0499 e. The third-order valence-electron chi connectivity index (χ3n) is 3.55. The molecule has 0 heterocycles. The van der Waals surface area contributed by atoms with E-state index in [1.807, 2.05) is 6.92 Å². The predicted molar refractivity (Wildman–Crippen MR) is 61.7 cm³/mol. The van der Waals surface area contributed by atoms with Crippen molar-refractivity contribution >= 4 is 0 Å². The molecule has 3 nitrogen and oxygen atoms in total. The van der Waals surface area contributed by atoms with Crippen LogP contribution in [0.3, 0.4) is 0 Å². The van der Waals surface area contributed by atoms with Crippen LogP contribution in [0, 0.1) is 11.3 Å². The van der Waals surface area contributed by atoms with Gasteiger partial charge < -0.3 is 15.5 Å². The van der Waals surface area contributed by atoms with E-state index in [0.717, 1.165) is 25.9 Å². The molecule has 90 valence electrons. The van der Waals surface area contributed by atoms with Gasteiger partial charge in [0.05, 0.1) is 0 Å². The topological polar surface area (TPSA) is 52.5 Å². The summed E-state index contributed by atoms with van der Waals surface area (Å²) >= 11 is 0. The molecule has 0 bridgehead atoms. The monoisotopic (exact) mass is 215 g/mol. The molecule has 0 saturated heterocycles. The van der Waals surface area contributed by atoms with E-state index >= 15 is 0 Å². The third-order valence-corrected chi connectivity index (χ3v) is 3.55. The van der Waals surface area contributed by atoms with Gasteiger partial charge in [0, 0.05) is 25.2 Å². The second-order valence-corrected chi connectivity index (χ2v) is 5.14. The first-order chi connectivity index (χ1) is 7.22. The fraction of sp³-hybridized carbons (Fsp3) is 1.00. The van der Waals surface area contributed by atoms with Crippen LogP contribution in [-0.4, -0.2) is 36.5 Å². The molecule has 0 spiro atoms. The summed E-state index contributed by atoms with van der Waals surface area (Å²) in [4.78, 5) is 0. The van der Waals surface area contributed by atoms with E-state index in [-0.39, 0.29) is 12.0 Å². The summed E-state index contributed by atoms with van der Waals surface area (Å²) in [5.74, 6) is 0.310. The summed E-state index contributed by atoms with van der Waals surface area (Å²) < 4.78 is 0. The van der Waals surface area contributed by atoms with Crippen molar-refractivity contribution in [1.82, 2.24) is 5.32 Å². The van der Waals surface area contributed by atoms with Crippen LogP contribution < -0.4 is 5.32 Å². The highest BCUT2D eigenvalue weighted by Gasteiger charge is 2.30. The number of rotatable bonds is 6. The number of aliphatic hydroxyl groups is 2. The molecule has 15 heavy (non-hydrogen) atoms. The SMILES string of the molecule is CC(CO)CNCC1(CO)CCCCC1. The zero-order valence-corrected chi connectivity index (χ0v) is 9.84. The molecular formula is C12H25NO2. The van der Waals surface area contributed by atoms with Gasteiger partial charge in [-0.15, -0.1) is 0 Å². The summed E-state index contributed by atoms with van der Waals surface area (Å²) in [6.07, 6.45) is 6.10. The molecule has 0 aliphatic heterocycles. The molecule has 1 fully saturated rings. The Morgan fingerprint density at radius 3 is 2.40 bits per heavy atom. The summed E-state index contributed by atoms with van der Waals surface area (Å²) in [5, 5.41) is 21.8. The Bertz CT molecular complexity index is 167. The van der Waals surface area contributed by atoms with Crippen LogP contribution in [0.1, 0.15) is 39.0 Å². The molecule has 0 radical (unpaired) electrons. The van der Waals surface area contributed by atoms with Crippen molar-refractivity contribution in [2.24, 2.45) is 11.3 Å². The minimum absolute atomic E-state index is 0.118. The first-order valence-electron chi connectivity index (χ1n) is 6.15. The molecule has 1 aliphatic carbocycles. The highest BCUT2D eigenvalue weighted by Crippen LogP contribution is 2.35. The maximum absolute atomic E-state index is 9.47. The van der Waals surface area contributed by atoms with Gasteiger partial charge in [-0.25, -0.2) is 0 Å². The normalized spacial score (nSPS) is 22.6. The van der Waals surface area contributed by atoms with Gasteiger partial charge >= 0.3 is 0 Å². The molecule has 1 aliphatic rings. The quantitative estimate of drug-likeness (QED) is 0.623. The Balaban J connectivity index is 2.26. The summed E-state index contributed by atoms with van der Waals surface area (Å²) in [6.45, 7) is 4.30. The Morgan fingerprint density at radius 1 is 1.20 bits per heavy atom. The van der Waals surface area contributed by atoms with Crippen LogP contribution in [-0.2, 0) is 0 Å². The van der Waals surface area contributed by atoms with Gasteiger partial charge in [-0.2, -0.15) is 0 Å². The molecule has 0 amide bonds. The van der Waals surface area contributed by atoms with Crippen molar-refractivity contribution in [1.29, 1.82) is 0 Å². The average molecular weight is 215 g/mol. The van der Waals surface area contributed by atoms with E-state index in [1.165, 1.54) is 19.3 Å².